The van der Waals surface area contributed by atoms with Crippen LogP contribution < -0.4 is 0 Å². The van der Waals surface area contributed by atoms with Crippen molar-refractivity contribution in [3.8, 4) is 0 Å². The number of benzene rings is 1. The van der Waals surface area contributed by atoms with Crippen molar-refractivity contribution in [1.82, 2.24) is 0 Å². The zero-order valence-electron chi connectivity index (χ0n) is 8.64. The highest BCUT2D eigenvalue weighted by Gasteiger charge is 2.31. The fraction of sp³-hybridized carbons (Fsp3) is 0.364. The normalized spacial score (nSPS) is 13.9. The van der Waals surface area contributed by atoms with Crippen LogP contribution in [0.1, 0.15) is 17.0 Å². The minimum atomic E-state index is -4.55. The van der Waals surface area contributed by atoms with E-state index in [0.717, 1.165) is 12.1 Å². The third kappa shape index (κ3) is 3.20. The highest BCUT2D eigenvalue weighted by atomic mass is 19.4. The molecule has 89 valence electrons. The highest BCUT2D eigenvalue weighted by molar-refractivity contribution is 5.30. The molecule has 0 aliphatic heterocycles. The van der Waals surface area contributed by atoms with E-state index in [1.54, 1.807) is 0 Å². The monoisotopic (exact) mass is 235 g/mol. The van der Waals surface area contributed by atoms with Crippen molar-refractivity contribution >= 4 is 0 Å². The fourth-order valence-corrected chi connectivity index (χ4v) is 1.31. The van der Waals surface area contributed by atoms with Gasteiger partial charge in [0.1, 0.15) is 5.82 Å². The summed E-state index contributed by atoms with van der Waals surface area (Å²) in [6.07, 6.45) is -4.55. The summed E-state index contributed by atoms with van der Waals surface area (Å²) in [6, 6.07) is 2.38. The molecule has 1 unspecified atom stereocenters. The summed E-state index contributed by atoms with van der Waals surface area (Å²) in [5.74, 6) is -1.45. The van der Waals surface area contributed by atoms with Gasteiger partial charge in [-0.25, -0.2) is 4.39 Å². The second kappa shape index (κ2) is 4.82. The van der Waals surface area contributed by atoms with E-state index < -0.39 is 23.5 Å². The quantitative estimate of drug-likeness (QED) is 0.729. The number of halogens is 4. The lowest BCUT2D eigenvalue weighted by molar-refractivity contribution is -0.137. The Hall–Kier alpha value is -1.10. The Labute approximate surface area is 91.0 Å². The minimum absolute atomic E-state index is 0.140. The Morgan fingerprint density at radius 3 is 2.44 bits per heavy atom. The average molecular weight is 235 g/mol. The zero-order valence-corrected chi connectivity index (χ0v) is 8.64. The number of rotatable bonds is 3. The lowest BCUT2D eigenvalue weighted by Gasteiger charge is -2.14. The largest absolute Gasteiger partial charge is 0.416 e. The molecule has 0 saturated heterocycles. The van der Waals surface area contributed by atoms with E-state index in [1.165, 1.54) is 7.11 Å². The number of ether oxygens (including phenoxy) is 1. The maximum atomic E-state index is 13.0. The first kappa shape index (κ1) is 13.0. The Morgan fingerprint density at radius 2 is 1.94 bits per heavy atom. The Bertz CT molecular complexity index is 359. The molecule has 5 heteroatoms. The fourth-order valence-electron chi connectivity index (χ4n) is 1.31. The summed E-state index contributed by atoms with van der Waals surface area (Å²) in [5.41, 5.74) is -0.832. The van der Waals surface area contributed by atoms with Crippen molar-refractivity contribution in [2.45, 2.75) is 12.1 Å². The van der Waals surface area contributed by atoms with Gasteiger partial charge in [0.25, 0.3) is 0 Å². The maximum Gasteiger partial charge on any atom is 0.416 e. The summed E-state index contributed by atoms with van der Waals surface area (Å²) in [5, 5.41) is 0. The molecule has 0 amide bonds. The second-order valence-corrected chi connectivity index (χ2v) is 3.42. The predicted molar refractivity (Wildman–Crippen MR) is 51.4 cm³/mol. The number of hydrogen-bond acceptors (Lipinski definition) is 1. The van der Waals surface area contributed by atoms with E-state index in [1.807, 2.05) is 0 Å². The number of methoxy groups -OCH3 is 1. The first-order valence-electron chi connectivity index (χ1n) is 4.54. The molecule has 0 aromatic heterocycles. The second-order valence-electron chi connectivity index (χ2n) is 3.42. The molecule has 0 fully saturated rings. The van der Waals surface area contributed by atoms with Gasteiger partial charge in [0.15, 0.2) is 0 Å². The van der Waals surface area contributed by atoms with Crippen molar-refractivity contribution in [3.63, 3.8) is 0 Å². The molecule has 0 aliphatic carbocycles. The van der Waals surface area contributed by atoms with E-state index in [0.29, 0.717) is 6.07 Å². The van der Waals surface area contributed by atoms with E-state index >= 15 is 0 Å². The van der Waals surface area contributed by atoms with Crippen molar-refractivity contribution in [1.29, 1.82) is 0 Å². The van der Waals surface area contributed by atoms with Crippen molar-refractivity contribution in [2.75, 3.05) is 13.7 Å². The minimum Gasteiger partial charge on any atom is -0.384 e. The van der Waals surface area contributed by atoms with Crippen LogP contribution in [-0.2, 0) is 10.9 Å². The van der Waals surface area contributed by atoms with E-state index in [4.69, 9.17) is 4.74 Å². The molecule has 0 aliphatic rings. The molecule has 0 bridgehead atoms. The Morgan fingerprint density at radius 1 is 1.31 bits per heavy atom. The van der Waals surface area contributed by atoms with Gasteiger partial charge >= 0.3 is 6.18 Å². The zero-order chi connectivity index (χ0) is 12.3. The highest BCUT2D eigenvalue weighted by Crippen LogP contribution is 2.31. The van der Waals surface area contributed by atoms with E-state index in [2.05, 4.69) is 6.92 Å². The summed E-state index contributed by atoms with van der Waals surface area (Å²) < 4.78 is 54.9. The molecule has 1 radical (unpaired) electrons. The lowest BCUT2D eigenvalue weighted by Crippen LogP contribution is -2.09. The van der Waals surface area contributed by atoms with E-state index in [-0.39, 0.29) is 12.2 Å². The van der Waals surface area contributed by atoms with Crippen LogP contribution >= 0.6 is 0 Å². The van der Waals surface area contributed by atoms with Crippen LogP contribution in [0.2, 0.25) is 0 Å². The van der Waals surface area contributed by atoms with Crippen molar-refractivity contribution in [2.24, 2.45) is 0 Å². The molecule has 0 N–H and O–H groups in total. The number of hydrogen-bond donors (Lipinski definition) is 0. The molecule has 1 atom stereocenters. The Balaban J connectivity index is 3.08. The molecule has 1 nitrogen and oxygen atoms in total. The molecule has 0 spiro atoms. The first-order valence-corrected chi connectivity index (χ1v) is 4.54. The first-order chi connectivity index (χ1) is 7.34. The van der Waals surface area contributed by atoms with Crippen molar-refractivity contribution < 1.29 is 22.3 Å². The Kier molecular flexibility index (Phi) is 3.91. The molecular weight excluding hydrogens is 224 g/mol. The molecule has 1 aromatic rings. The molecular formula is C11H11F4O. The van der Waals surface area contributed by atoms with Crippen LogP contribution in [-0.4, -0.2) is 13.7 Å². The van der Waals surface area contributed by atoms with Crippen LogP contribution in [0.25, 0.3) is 0 Å². The van der Waals surface area contributed by atoms with Gasteiger partial charge in [-0.3, -0.25) is 0 Å². The molecule has 16 heavy (non-hydrogen) atoms. The van der Waals surface area contributed by atoms with Gasteiger partial charge in [-0.1, -0.05) is 0 Å². The maximum absolute atomic E-state index is 13.0. The predicted octanol–water partition coefficient (Wildman–Crippen LogP) is 3.41. The van der Waals surface area contributed by atoms with E-state index in [9.17, 15) is 17.6 Å². The van der Waals surface area contributed by atoms with Crippen LogP contribution in [0, 0.1) is 12.7 Å². The topological polar surface area (TPSA) is 9.23 Å². The number of alkyl halides is 3. The standard InChI is InChI=1S/C11H11F4O/c1-7(6-16-2)8-3-9(11(13,14)15)5-10(12)4-8/h3-5,7H,1,6H2,2H3. The van der Waals surface area contributed by atoms with Gasteiger partial charge in [0.2, 0.25) is 0 Å². The lowest BCUT2D eigenvalue weighted by atomic mass is 9.99. The molecule has 0 heterocycles. The van der Waals surface area contributed by atoms with Gasteiger partial charge in [-0.2, -0.15) is 13.2 Å². The summed E-state index contributed by atoms with van der Waals surface area (Å²) in [7, 11) is 1.40. The summed E-state index contributed by atoms with van der Waals surface area (Å²) in [4.78, 5) is 0. The molecule has 0 saturated carbocycles. The van der Waals surface area contributed by atoms with Gasteiger partial charge in [-0.05, 0) is 30.7 Å². The van der Waals surface area contributed by atoms with Crippen LogP contribution in [0.3, 0.4) is 0 Å². The van der Waals surface area contributed by atoms with Gasteiger partial charge in [0.05, 0.1) is 12.2 Å². The van der Waals surface area contributed by atoms with Gasteiger partial charge < -0.3 is 4.74 Å². The van der Waals surface area contributed by atoms with Crippen molar-refractivity contribution in [3.05, 3.63) is 42.1 Å². The smallest absolute Gasteiger partial charge is 0.384 e. The SMILES string of the molecule is [CH2]C(COC)c1cc(F)cc(C(F)(F)F)c1. The molecule has 1 aromatic carbocycles. The average Bonchev–Trinajstić information content (AvgIpc) is 2.16. The van der Waals surface area contributed by atoms with Crippen LogP contribution in [0.15, 0.2) is 18.2 Å². The third-order valence-electron chi connectivity index (χ3n) is 2.09. The van der Waals surface area contributed by atoms with Gasteiger partial charge in [0, 0.05) is 13.0 Å². The third-order valence-corrected chi connectivity index (χ3v) is 2.09. The van der Waals surface area contributed by atoms with Crippen LogP contribution in [0.5, 0.6) is 0 Å². The summed E-state index contributed by atoms with van der Waals surface area (Å²) in [6.45, 7) is 3.74. The van der Waals surface area contributed by atoms with Gasteiger partial charge in [-0.15, -0.1) is 0 Å². The summed E-state index contributed by atoms with van der Waals surface area (Å²) >= 11 is 0. The molecule has 1 rings (SSSR count). The van der Waals surface area contributed by atoms with Crippen LogP contribution in [0.4, 0.5) is 17.6 Å².